The molecule has 1 aromatic carbocycles. The predicted octanol–water partition coefficient (Wildman–Crippen LogP) is 2.10. The van der Waals surface area contributed by atoms with Crippen LogP contribution in [0.25, 0.3) is 0 Å². The third kappa shape index (κ3) is 3.31. The Morgan fingerprint density at radius 2 is 2.05 bits per heavy atom. The third-order valence-electron chi connectivity index (χ3n) is 3.58. The molecule has 112 valence electrons. The van der Waals surface area contributed by atoms with Crippen molar-refractivity contribution < 1.29 is 12.8 Å². The van der Waals surface area contributed by atoms with Crippen LogP contribution in [-0.2, 0) is 10.0 Å². The van der Waals surface area contributed by atoms with Gasteiger partial charge in [-0.1, -0.05) is 11.6 Å². The standard InChI is InChI=1S/C13H18ClFN2O2S/c1-16-9-10-4-6-17(7-5-10)20(18,19)13-8-11(15)2-3-12(13)14/h2-3,8,10,16H,4-7,9H2,1H3. The highest BCUT2D eigenvalue weighted by Crippen LogP contribution is 2.28. The van der Waals surface area contributed by atoms with Gasteiger partial charge in [0.05, 0.1) is 5.02 Å². The van der Waals surface area contributed by atoms with Crippen LogP contribution in [0.5, 0.6) is 0 Å². The lowest BCUT2D eigenvalue weighted by Gasteiger charge is -2.31. The number of nitrogens with one attached hydrogen (secondary N) is 1. The first-order chi connectivity index (χ1) is 9.45. The normalized spacial score (nSPS) is 18.4. The van der Waals surface area contributed by atoms with Gasteiger partial charge in [0.1, 0.15) is 10.7 Å². The molecule has 0 aliphatic carbocycles. The van der Waals surface area contributed by atoms with Crippen LogP contribution >= 0.6 is 11.6 Å². The maximum Gasteiger partial charge on any atom is 0.244 e. The van der Waals surface area contributed by atoms with Crippen molar-refractivity contribution in [3.63, 3.8) is 0 Å². The van der Waals surface area contributed by atoms with E-state index >= 15 is 0 Å². The molecule has 0 bridgehead atoms. The maximum atomic E-state index is 13.3. The predicted molar refractivity (Wildman–Crippen MR) is 76.8 cm³/mol. The smallest absolute Gasteiger partial charge is 0.244 e. The van der Waals surface area contributed by atoms with Crippen molar-refractivity contribution in [1.82, 2.24) is 9.62 Å². The number of sulfonamides is 1. The van der Waals surface area contributed by atoms with Gasteiger partial charge in [0.25, 0.3) is 0 Å². The molecule has 1 fully saturated rings. The first kappa shape index (κ1) is 15.7. The van der Waals surface area contributed by atoms with Crippen LogP contribution in [-0.4, -0.2) is 39.4 Å². The van der Waals surface area contributed by atoms with Gasteiger partial charge in [0.2, 0.25) is 10.0 Å². The first-order valence-corrected chi connectivity index (χ1v) is 8.36. The maximum absolute atomic E-state index is 13.3. The Balaban J connectivity index is 2.18. The Morgan fingerprint density at radius 3 is 2.65 bits per heavy atom. The molecule has 0 atom stereocenters. The third-order valence-corrected chi connectivity index (χ3v) is 5.96. The van der Waals surface area contributed by atoms with Gasteiger partial charge in [0, 0.05) is 13.1 Å². The van der Waals surface area contributed by atoms with Crippen LogP contribution in [0.2, 0.25) is 5.02 Å². The lowest BCUT2D eigenvalue weighted by Crippen LogP contribution is -2.40. The molecule has 1 aliphatic rings. The molecule has 0 unspecified atom stereocenters. The molecule has 0 radical (unpaired) electrons. The van der Waals surface area contributed by atoms with Crippen molar-refractivity contribution >= 4 is 21.6 Å². The summed E-state index contributed by atoms with van der Waals surface area (Å²) < 4.78 is 39.6. The average molecular weight is 321 g/mol. The second-order valence-electron chi connectivity index (χ2n) is 4.98. The number of rotatable bonds is 4. The number of hydrogen-bond donors (Lipinski definition) is 1. The van der Waals surface area contributed by atoms with Crippen molar-refractivity contribution in [3.8, 4) is 0 Å². The van der Waals surface area contributed by atoms with E-state index in [1.807, 2.05) is 7.05 Å². The fraction of sp³-hybridized carbons (Fsp3) is 0.538. The molecule has 4 nitrogen and oxygen atoms in total. The Labute approximate surface area is 124 Å². The Kier molecular flexibility index (Phi) is 5.01. The average Bonchev–Trinajstić information content (AvgIpc) is 2.42. The van der Waals surface area contributed by atoms with Gasteiger partial charge < -0.3 is 5.32 Å². The van der Waals surface area contributed by atoms with E-state index in [1.54, 1.807) is 0 Å². The van der Waals surface area contributed by atoms with Crippen molar-refractivity contribution in [1.29, 1.82) is 0 Å². The fourth-order valence-corrected chi connectivity index (χ4v) is 4.41. The Morgan fingerprint density at radius 1 is 1.40 bits per heavy atom. The summed E-state index contributed by atoms with van der Waals surface area (Å²) in [5, 5.41) is 3.16. The van der Waals surface area contributed by atoms with Crippen molar-refractivity contribution in [3.05, 3.63) is 29.0 Å². The van der Waals surface area contributed by atoms with Gasteiger partial charge in [-0.25, -0.2) is 12.8 Å². The number of benzene rings is 1. The van der Waals surface area contributed by atoms with E-state index in [-0.39, 0.29) is 9.92 Å². The minimum absolute atomic E-state index is 0.0590. The summed E-state index contributed by atoms with van der Waals surface area (Å²) in [6, 6.07) is 3.41. The second-order valence-corrected chi connectivity index (χ2v) is 7.29. The van der Waals surface area contributed by atoms with Crippen LogP contribution in [0.15, 0.2) is 23.1 Å². The van der Waals surface area contributed by atoms with Crippen LogP contribution in [0.3, 0.4) is 0 Å². The summed E-state index contributed by atoms with van der Waals surface area (Å²) in [5.41, 5.74) is 0. The number of nitrogens with zero attached hydrogens (tertiary/aromatic N) is 1. The number of halogens is 2. The molecule has 0 saturated carbocycles. The highest BCUT2D eigenvalue weighted by molar-refractivity contribution is 7.89. The van der Waals surface area contributed by atoms with E-state index in [2.05, 4.69) is 5.32 Å². The summed E-state index contributed by atoms with van der Waals surface area (Å²) in [4.78, 5) is -0.147. The molecule has 1 heterocycles. The Hall–Kier alpha value is -0.690. The molecule has 1 aliphatic heterocycles. The molecule has 2 rings (SSSR count). The van der Waals surface area contributed by atoms with E-state index in [1.165, 1.54) is 10.4 Å². The summed E-state index contributed by atoms with van der Waals surface area (Å²) in [7, 11) is -1.83. The lowest BCUT2D eigenvalue weighted by atomic mass is 9.98. The van der Waals surface area contributed by atoms with E-state index in [0.29, 0.717) is 19.0 Å². The summed E-state index contributed by atoms with van der Waals surface area (Å²) in [6.45, 7) is 1.78. The van der Waals surface area contributed by atoms with Gasteiger partial charge in [-0.05, 0) is 50.6 Å². The largest absolute Gasteiger partial charge is 0.319 e. The minimum atomic E-state index is -3.71. The summed E-state index contributed by atoms with van der Waals surface area (Å²) in [5.74, 6) is -0.118. The highest BCUT2D eigenvalue weighted by atomic mass is 35.5. The lowest BCUT2D eigenvalue weighted by molar-refractivity contribution is 0.270. The van der Waals surface area contributed by atoms with Crippen LogP contribution in [0.1, 0.15) is 12.8 Å². The summed E-state index contributed by atoms with van der Waals surface area (Å²) in [6.07, 6.45) is 1.60. The van der Waals surface area contributed by atoms with E-state index < -0.39 is 15.8 Å². The molecule has 0 amide bonds. The molecule has 0 aromatic heterocycles. The molecule has 1 N–H and O–H groups in total. The highest BCUT2D eigenvalue weighted by Gasteiger charge is 2.30. The minimum Gasteiger partial charge on any atom is -0.319 e. The van der Waals surface area contributed by atoms with Crippen molar-refractivity contribution in [2.75, 3.05) is 26.7 Å². The number of piperidine rings is 1. The zero-order valence-corrected chi connectivity index (χ0v) is 12.8. The number of hydrogen-bond acceptors (Lipinski definition) is 3. The second kappa shape index (κ2) is 6.39. The summed E-state index contributed by atoms with van der Waals surface area (Å²) >= 11 is 5.90. The van der Waals surface area contributed by atoms with Crippen LogP contribution in [0, 0.1) is 11.7 Å². The van der Waals surface area contributed by atoms with Crippen LogP contribution in [0.4, 0.5) is 4.39 Å². The Bertz CT molecular complexity index is 572. The molecular formula is C13H18ClFN2O2S. The van der Waals surface area contributed by atoms with Gasteiger partial charge in [-0.2, -0.15) is 4.31 Å². The van der Waals surface area contributed by atoms with Crippen molar-refractivity contribution in [2.24, 2.45) is 5.92 Å². The van der Waals surface area contributed by atoms with Gasteiger partial charge in [0.15, 0.2) is 0 Å². The van der Waals surface area contributed by atoms with Gasteiger partial charge in [-0.15, -0.1) is 0 Å². The van der Waals surface area contributed by atoms with E-state index in [0.717, 1.165) is 31.5 Å². The fourth-order valence-electron chi connectivity index (χ4n) is 2.46. The monoisotopic (exact) mass is 320 g/mol. The van der Waals surface area contributed by atoms with Gasteiger partial charge in [-0.3, -0.25) is 0 Å². The van der Waals surface area contributed by atoms with Crippen molar-refractivity contribution in [2.45, 2.75) is 17.7 Å². The molecule has 0 spiro atoms. The topological polar surface area (TPSA) is 49.4 Å². The SMILES string of the molecule is CNCC1CCN(S(=O)(=O)c2cc(F)ccc2Cl)CC1. The molecule has 1 aromatic rings. The molecule has 1 saturated heterocycles. The molecular weight excluding hydrogens is 303 g/mol. The zero-order valence-electron chi connectivity index (χ0n) is 11.3. The first-order valence-electron chi connectivity index (χ1n) is 6.55. The molecule has 7 heteroatoms. The quantitative estimate of drug-likeness (QED) is 0.924. The van der Waals surface area contributed by atoms with E-state index in [9.17, 15) is 12.8 Å². The van der Waals surface area contributed by atoms with Gasteiger partial charge >= 0.3 is 0 Å². The zero-order chi connectivity index (χ0) is 14.8. The molecule has 20 heavy (non-hydrogen) atoms. The van der Waals surface area contributed by atoms with E-state index in [4.69, 9.17) is 11.6 Å². The van der Waals surface area contributed by atoms with Crippen LogP contribution < -0.4 is 5.32 Å².